The molecule has 1 saturated carbocycles. The van der Waals surface area contributed by atoms with Crippen LogP contribution in [0.25, 0.3) is 0 Å². The second kappa shape index (κ2) is 5.03. The van der Waals surface area contributed by atoms with Crippen molar-refractivity contribution in [2.45, 2.75) is 25.8 Å². The van der Waals surface area contributed by atoms with E-state index in [0.717, 1.165) is 42.2 Å². The van der Waals surface area contributed by atoms with Gasteiger partial charge in [0.25, 0.3) is 0 Å². The van der Waals surface area contributed by atoms with Crippen LogP contribution in [-0.4, -0.2) is 19.0 Å². The molecule has 2 nitrogen and oxygen atoms in total. The van der Waals surface area contributed by atoms with Gasteiger partial charge in [0.1, 0.15) is 5.75 Å². The Morgan fingerprint density at radius 3 is 2.94 bits per heavy atom. The molecule has 0 bridgehead atoms. The largest absolute Gasteiger partial charge is 0.493 e. The van der Waals surface area contributed by atoms with Crippen LogP contribution < -0.4 is 10.1 Å². The van der Waals surface area contributed by atoms with E-state index in [-0.39, 0.29) is 0 Å². The van der Waals surface area contributed by atoms with E-state index in [1.54, 1.807) is 0 Å². The molecule has 1 aromatic carbocycles. The SMILES string of the molecule is ClCC1(CNCc2cc(Br)cc3c2OCC3)CC1. The first-order valence-electron chi connectivity index (χ1n) is 6.43. The molecule has 0 amide bonds. The van der Waals surface area contributed by atoms with E-state index in [0.29, 0.717) is 5.41 Å². The van der Waals surface area contributed by atoms with E-state index < -0.39 is 0 Å². The van der Waals surface area contributed by atoms with Gasteiger partial charge in [-0.05, 0) is 36.0 Å². The number of fused-ring (bicyclic) bond motifs is 1. The molecule has 2 aliphatic rings. The lowest BCUT2D eigenvalue weighted by Crippen LogP contribution is -2.24. The maximum atomic E-state index is 5.98. The molecule has 0 aromatic heterocycles. The van der Waals surface area contributed by atoms with Crippen LogP contribution in [0.3, 0.4) is 0 Å². The summed E-state index contributed by atoms with van der Waals surface area (Å²) in [5.41, 5.74) is 2.94. The van der Waals surface area contributed by atoms with Crippen molar-refractivity contribution in [1.29, 1.82) is 0 Å². The summed E-state index contributed by atoms with van der Waals surface area (Å²) in [4.78, 5) is 0. The van der Waals surface area contributed by atoms with Gasteiger partial charge in [-0.1, -0.05) is 15.9 Å². The van der Waals surface area contributed by atoms with Crippen molar-refractivity contribution in [3.05, 3.63) is 27.7 Å². The summed E-state index contributed by atoms with van der Waals surface area (Å²) in [6, 6.07) is 4.31. The highest BCUT2D eigenvalue weighted by Gasteiger charge is 2.41. The van der Waals surface area contributed by atoms with Gasteiger partial charge in [0, 0.05) is 35.4 Å². The average Bonchev–Trinajstić information content (AvgIpc) is 2.98. The molecule has 0 unspecified atom stereocenters. The smallest absolute Gasteiger partial charge is 0.127 e. The van der Waals surface area contributed by atoms with Crippen molar-refractivity contribution in [1.82, 2.24) is 5.32 Å². The van der Waals surface area contributed by atoms with Gasteiger partial charge in [0.05, 0.1) is 6.61 Å². The van der Waals surface area contributed by atoms with Gasteiger partial charge < -0.3 is 10.1 Å². The van der Waals surface area contributed by atoms with Crippen LogP contribution in [0.5, 0.6) is 5.75 Å². The fourth-order valence-electron chi connectivity index (χ4n) is 2.47. The summed E-state index contributed by atoms with van der Waals surface area (Å²) >= 11 is 9.55. The predicted molar refractivity (Wildman–Crippen MR) is 77.4 cm³/mol. The molecule has 4 heteroatoms. The monoisotopic (exact) mass is 329 g/mol. The molecule has 18 heavy (non-hydrogen) atoms. The molecule has 0 spiro atoms. The van der Waals surface area contributed by atoms with Crippen LogP contribution in [0.1, 0.15) is 24.0 Å². The van der Waals surface area contributed by atoms with Gasteiger partial charge in [-0.3, -0.25) is 0 Å². The second-order valence-corrected chi connectivity index (χ2v) is 6.57. The standard InChI is InChI=1S/C14H17BrClNO/c15-12-5-10-1-4-18-13(10)11(6-12)7-17-9-14(8-16)2-3-14/h5-6,17H,1-4,7-9H2. The predicted octanol–water partition coefficient (Wildman–Crippen LogP) is 3.49. The quantitative estimate of drug-likeness (QED) is 0.835. The molecule has 1 fully saturated rings. The topological polar surface area (TPSA) is 21.3 Å². The summed E-state index contributed by atoms with van der Waals surface area (Å²) in [6.07, 6.45) is 3.54. The Labute approximate surface area is 121 Å². The highest BCUT2D eigenvalue weighted by atomic mass is 79.9. The minimum atomic E-state index is 0.373. The number of ether oxygens (including phenoxy) is 1. The zero-order valence-corrected chi connectivity index (χ0v) is 12.6. The first kappa shape index (κ1) is 12.8. The number of nitrogens with one attached hydrogen (secondary N) is 1. The third kappa shape index (κ3) is 2.54. The number of hydrogen-bond donors (Lipinski definition) is 1. The summed E-state index contributed by atoms with van der Waals surface area (Å²) < 4.78 is 6.86. The summed E-state index contributed by atoms with van der Waals surface area (Å²) in [6.45, 7) is 2.68. The number of rotatable bonds is 5. The maximum Gasteiger partial charge on any atom is 0.127 e. The van der Waals surface area contributed by atoms with Crippen LogP contribution in [0.4, 0.5) is 0 Å². The van der Waals surface area contributed by atoms with E-state index in [4.69, 9.17) is 16.3 Å². The summed E-state index contributed by atoms with van der Waals surface area (Å²) in [5, 5.41) is 3.53. The lowest BCUT2D eigenvalue weighted by molar-refractivity contribution is 0.351. The Morgan fingerprint density at radius 2 is 2.22 bits per heavy atom. The van der Waals surface area contributed by atoms with Crippen molar-refractivity contribution in [2.24, 2.45) is 5.41 Å². The first-order valence-corrected chi connectivity index (χ1v) is 7.76. The number of hydrogen-bond acceptors (Lipinski definition) is 2. The number of alkyl halides is 1. The minimum Gasteiger partial charge on any atom is -0.493 e. The van der Waals surface area contributed by atoms with E-state index in [2.05, 4.69) is 33.4 Å². The second-order valence-electron chi connectivity index (χ2n) is 5.39. The molecule has 98 valence electrons. The van der Waals surface area contributed by atoms with Crippen molar-refractivity contribution < 1.29 is 4.74 Å². The summed E-state index contributed by atoms with van der Waals surface area (Å²) in [5.74, 6) is 1.86. The molecule has 1 aliphatic heterocycles. The van der Waals surface area contributed by atoms with Gasteiger partial charge in [0.15, 0.2) is 0 Å². The molecule has 1 aromatic rings. The van der Waals surface area contributed by atoms with E-state index >= 15 is 0 Å². The van der Waals surface area contributed by atoms with E-state index in [1.807, 2.05) is 0 Å². The third-order valence-corrected chi connectivity index (χ3v) is 4.91. The number of benzene rings is 1. The van der Waals surface area contributed by atoms with Crippen molar-refractivity contribution in [3.8, 4) is 5.75 Å². The molecule has 1 N–H and O–H groups in total. The molecular formula is C14H17BrClNO. The minimum absolute atomic E-state index is 0.373. The Balaban J connectivity index is 1.66. The lowest BCUT2D eigenvalue weighted by Gasteiger charge is -2.14. The zero-order chi connectivity index (χ0) is 12.6. The average molecular weight is 331 g/mol. The van der Waals surface area contributed by atoms with Gasteiger partial charge in [-0.2, -0.15) is 0 Å². The van der Waals surface area contributed by atoms with Gasteiger partial charge in [-0.15, -0.1) is 11.6 Å². The van der Waals surface area contributed by atoms with Crippen LogP contribution >= 0.6 is 27.5 Å². The summed E-state index contributed by atoms with van der Waals surface area (Å²) in [7, 11) is 0. The highest BCUT2D eigenvalue weighted by Crippen LogP contribution is 2.46. The van der Waals surface area contributed by atoms with Crippen LogP contribution in [0, 0.1) is 5.41 Å². The Morgan fingerprint density at radius 1 is 1.39 bits per heavy atom. The fraction of sp³-hybridized carbons (Fsp3) is 0.571. The Kier molecular flexibility index (Phi) is 3.57. The lowest BCUT2D eigenvalue weighted by atomic mass is 10.1. The molecule has 1 heterocycles. The number of halogens is 2. The van der Waals surface area contributed by atoms with E-state index in [1.165, 1.54) is 24.0 Å². The van der Waals surface area contributed by atoms with Crippen molar-refractivity contribution >= 4 is 27.5 Å². The van der Waals surface area contributed by atoms with Crippen LogP contribution in [-0.2, 0) is 13.0 Å². The van der Waals surface area contributed by atoms with E-state index in [9.17, 15) is 0 Å². The Hall–Kier alpha value is -0.250. The maximum absolute atomic E-state index is 5.98. The Bertz CT molecular complexity index is 459. The molecule has 3 rings (SSSR count). The first-order chi connectivity index (χ1) is 8.72. The van der Waals surface area contributed by atoms with Crippen molar-refractivity contribution in [3.63, 3.8) is 0 Å². The van der Waals surface area contributed by atoms with Crippen LogP contribution in [0.15, 0.2) is 16.6 Å². The van der Waals surface area contributed by atoms with Crippen LogP contribution in [0.2, 0.25) is 0 Å². The molecule has 0 atom stereocenters. The molecule has 1 aliphatic carbocycles. The van der Waals surface area contributed by atoms with Crippen molar-refractivity contribution in [2.75, 3.05) is 19.0 Å². The van der Waals surface area contributed by atoms with Gasteiger partial charge >= 0.3 is 0 Å². The molecule has 0 saturated heterocycles. The highest BCUT2D eigenvalue weighted by molar-refractivity contribution is 9.10. The van der Waals surface area contributed by atoms with Gasteiger partial charge in [-0.25, -0.2) is 0 Å². The molecule has 0 radical (unpaired) electrons. The fourth-order valence-corrected chi connectivity index (χ4v) is 3.39. The third-order valence-electron chi connectivity index (χ3n) is 3.88. The van der Waals surface area contributed by atoms with Gasteiger partial charge in [0.2, 0.25) is 0 Å². The normalized spacial score (nSPS) is 19.4. The molecular weight excluding hydrogens is 314 g/mol. The zero-order valence-electron chi connectivity index (χ0n) is 10.3.